The highest BCUT2D eigenvalue weighted by Crippen LogP contribution is 2.14. The van der Waals surface area contributed by atoms with Gasteiger partial charge in [0.05, 0.1) is 6.21 Å². The van der Waals surface area contributed by atoms with Gasteiger partial charge in [0, 0.05) is 32.7 Å². The van der Waals surface area contributed by atoms with Crippen molar-refractivity contribution in [2.24, 2.45) is 5.10 Å². The van der Waals surface area contributed by atoms with Crippen molar-refractivity contribution in [1.29, 1.82) is 0 Å². The van der Waals surface area contributed by atoms with E-state index < -0.39 is 0 Å². The third kappa shape index (κ3) is 4.45. The molecule has 0 aromatic heterocycles. The van der Waals surface area contributed by atoms with Crippen LogP contribution in [0.1, 0.15) is 27.8 Å². The van der Waals surface area contributed by atoms with Crippen LogP contribution in [0.4, 0.5) is 0 Å². The molecule has 1 saturated heterocycles. The molecule has 0 N–H and O–H groups in total. The minimum absolute atomic E-state index is 0.993. The Morgan fingerprint density at radius 3 is 2.38 bits per heavy atom. The Morgan fingerprint density at radius 2 is 1.67 bits per heavy atom. The number of aryl methyl sites for hydroxylation is 3. The molecule has 1 aliphatic heterocycles. The summed E-state index contributed by atoms with van der Waals surface area (Å²) in [4.78, 5) is 2.52. The van der Waals surface area contributed by atoms with Crippen molar-refractivity contribution in [3.05, 3.63) is 70.3 Å². The molecule has 2 aromatic carbocycles. The summed E-state index contributed by atoms with van der Waals surface area (Å²) < 4.78 is 0. The van der Waals surface area contributed by atoms with Crippen LogP contribution in [-0.2, 0) is 6.54 Å². The highest BCUT2D eigenvalue weighted by molar-refractivity contribution is 5.79. The Labute approximate surface area is 145 Å². The minimum Gasteiger partial charge on any atom is -0.295 e. The van der Waals surface area contributed by atoms with Crippen molar-refractivity contribution in [3.8, 4) is 0 Å². The molecule has 3 heteroatoms. The van der Waals surface area contributed by atoms with Crippen LogP contribution in [0, 0.1) is 20.8 Å². The van der Waals surface area contributed by atoms with Crippen molar-refractivity contribution >= 4 is 6.21 Å². The Kier molecular flexibility index (Phi) is 5.31. The highest BCUT2D eigenvalue weighted by Gasteiger charge is 2.16. The number of hydrazone groups is 1. The number of nitrogens with zero attached hydrogens (tertiary/aromatic N) is 3. The zero-order chi connectivity index (χ0) is 16.9. The van der Waals surface area contributed by atoms with E-state index in [0.717, 1.165) is 32.7 Å². The molecule has 1 heterocycles. The molecule has 0 radical (unpaired) electrons. The van der Waals surface area contributed by atoms with Crippen molar-refractivity contribution in [3.63, 3.8) is 0 Å². The lowest BCUT2D eigenvalue weighted by molar-refractivity contribution is 0.131. The number of benzene rings is 2. The first kappa shape index (κ1) is 16.7. The summed E-state index contributed by atoms with van der Waals surface area (Å²) >= 11 is 0. The smallest absolute Gasteiger partial charge is 0.0543 e. The normalized spacial score (nSPS) is 16.0. The molecule has 126 valence electrons. The fourth-order valence-electron chi connectivity index (χ4n) is 3.17. The van der Waals surface area contributed by atoms with Crippen molar-refractivity contribution in [2.45, 2.75) is 27.3 Å². The largest absolute Gasteiger partial charge is 0.295 e. The zero-order valence-electron chi connectivity index (χ0n) is 15.0. The average Bonchev–Trinajstić information content (AvgIpc) is 2.57. The predicted octanol–water partition coefficient (Wildman–Crippen LogP) is 3.76. The lowest BCUT2D eigenvalue weighted by Crippen LogP contribution is -2.43. The van der Waals surface area contributed by atoms with E-state index in [-0.39, 0.29) is 0 Å². The molecule has 24 heavy (non-hydrogen) atoms. The molecule has 0 saturated carbocycles. The summed E-state index contributed by atoms with van der Waals surface area (Å²) in [7, 11) is 0. The maximum Gasteiger partial charge on any atom is 0.0543 e. The summed E-state index contributed by atoms with van der Waals surface area (Å²) in [6.07, 6.45) is 1.98. The molecule has 0 bridgehead atoms. The molecule has 1 aliphatic rings. The van der Waals surface area contributed by atoms with Crippen molar-refractivity contribution in [2.75, 3.05) is 26.2 Å². The first-order valence-electron chi connectivity index (χ1n) is 8.74. The predicted molar refractivity (Wildman–Crippen MR) is 102 cm³/mol. The Morgan fingerprint density at radius 1 is 0.917 bits per heavy atom. The van der Waals surface area contributed by atoms with E-state index >= 15 is 0 Å². The third-order valence-corrected chi connectivity index (χ3v) is 4.65. The fourth-order valence-corrected chi connectivity index (χ4v) is 3.17. The second-order valence-electron chi connectivity index (χ2n) is 6.82. The zero-order valence-corrected chi connectivity index (χ0v) is 15.0. The minimum atomic E-state index is 0.993. The summed E-state index contributed by atoms with van der Waals surface area (Å²) in [6.45, 7) is 11.6. The van der Waals surface area contributed by atoms with E-state index in [0.29, 0.717) is 0 Å². The Bertz CT molecular complexity index is 713. The van der Waals surface area contributed by atoms with Gasteiger partial charge >= 0.3 is 0 Å². The van der Waals surface area contributed by atoms with Crippen molar-refractivity contribution < 1.29 is 0 Å². The van der Waals surface area contributed by atoms with E-state index in [4.69, 9.17) is 0 Å². The molecule has 0 atom stereocenters. The second kappa shape index (κ2) is 7.63. The van der Waals surface area contributed by atoms with E-state index in [1.165, 1.54) is 27.8 Å². The van der Waals surface area contributed by atoms with Gasteiger partial charge in [0.2, 0.25) is 0 Å². The molecule has 0 spiro atoms. The van der Waals surface area contributed by atoms with Crippen LogP contribution in [0.2, 0.25) is 0 Å². The lowest BCUT2D eigenvalue weighted by Gasteiger charge is -2.33. The van der Waals surface area contributed by atoms with Crippen LogP contribution < -0.4 is 0 Å². The van der Waals surface area contributed by atoms with E-state index in [9.17, 15) is 0 Å². The number of hydrogen-bond donors (Lipinski definition) is 0. The van der Waals surface area contributed by atoms with Crippen LogP contribution >= 0.6 is 0 Å². The summed E-state index contributed by atoms with van der Waals surface area (Å²) in [6, 6.07) is 15.2. The molecular weight excluding hydrogens is 294 g/mol. The summed E-state index contributed by atoms with van der Waals surface area (Å²) in [5.74, 6) is 0. The van der Waals surface area contributed by atoms with Crippen LogP contribution in [0.25, 0.3) is 0 Å². The van der Waals surface area contributed by atoms with Gasteiger partial charge in [-0.1, -0.05) is 53.6 Å². The summed E-state index contributed by atoms with van der Waals surface area (Å²) in [5, 5.41) is 6.83. The molecule has 3 nitrogen and oxygen atoms in total. The first-order valence-corrected chi connectivity index (χ1v) is 8.74. The molecule has 1 fully saturated rings. The van der Waals surface area contributed by atoms with Gasteiger partial charge < -0.3 is 0 Å². The Hall–Kier alpha value is -2.13. The van der Waals surface area contributed by atoms with E-state index in [1.54, 1.807) is 0 Å². The van der Waals surface area contributed by atoms with E-state index in [1.807, 2.05) is 6.21 Å². The fraction of sp³-hybridized carbons (Fsp3) is 0.381. The number of hydrogen-bond acceptors (Lipinski definition) is 3. The summed E-state index contributed by atoms with van der Waals surface area (Å²) in [5.41, 5.74) is 6.63. The highest BCUT2D eigenvalue weighted by atomic mass is 15.5. The monoisotopic (exact) mass is 321 g/mol. The molecular formula is C21H27N3. The van der Waals surface area contributed by atoms with Crippen LogP contribution in [0.3, 0.4) is 0 Å². The third-order valence-electron chi connectivity index (χ3n) is 4.65. The van der Waals surface area contributed by atoms with Gasteiger partial charge in [0.25, 0.3) is 0 Å². The van der Waals surface area contributed by atoms with Crippen LogP contribution in [0.5, 0.6) is 0 Å². The second-order valence-corrected chi connectivity index (χ2v) is 6.82. The molecule has 0 amide bonds. The molecule has 0 aliphatic carbocycles. The van der Waals surface area contributed by atoms with Gasteiger partial charge in [0.1, 0.15) is 0 Å². The Balaban J connectivity index is 1.52. The molecule has 0 unspecified atom stereocenters. The van der Waals surface area contributed by atoms with Crippen molar-refractivity contribution in [1.82, 2.24) is 9.91 Å². The van der Waals surface area contributed by atoms with Gasteiger partial charge in [-0.15, -0.1) is 0 Å². The molecule has 2 aromatic rings. The van der Waals surface area contributed by atoms with Gasteiger partial charge in [-0.25, -0.2) is 0 Å². The van der Waals surface area contributed by atoms with Gasteiger partial charge in [0.15, 0.2) is 0 Å². The maximum absolute atomic E-state index is 4.65. The number of rotatable bonds is 4. The van der Waals surface area contributed by atoms with Gasteiger partial charge in [-0.3, -0.25) is 9.91 Å². The van der Waals surface area contributed by atoms with Gasteiger partial charge in [-0.2, -0.15) is 5.10 Å². The van der Waals surface area contributed by atoms with Crippen LogP contribution in [-0.4, -0.2) is 42.3 Å². The van der Waals surface area contributed by atoms with Gasteiger partial charge in [-0.05, 0) is 37.5 Å². The standard InChI is InChI=1S/C21H27N3/c1-17-5-4-6-20(14-17)15-22-24-11-9-23(10-12-24)16-21-8-7-18(2)13-19(21)3/h4-8,13-15H,9-12,16H2,1-3H3. The van der Waals surface area contributed by atoms with Crippen LogP contribution in [0.15, 0.2) is 47.6 Å². The average molecular weight is 321 g/mol. The lowest BCUT2D eigenvalue weighted by atomic mass is 10.1. The SMILES string of the molecule is Cc1cccc(C=NN2CCN(Cc3ccc(C)cc3C)CC2)c1. The van der Waals surface area contributed by atoms with E-state index in [2.05, 4.69) is 78.2 Å². The topological polar surface area (TPSA) is 18.8 Å². The first-order chi connectivity index (χ1) is 11.6. The number of piperazine rings is 1. The molecule has 3 rings (SSSR count). The quantitative estimate of drug-likeness (QED) is 0.799. The maximum atomic E-state index is 4.65.